The van der Waals surface area contributed by atoms with Crippen molar-refractivity contribution >= 4 is 27.5 Å². The molecule has 2 aromatic carbocycles. The van der Waals surface area contributed by atoms with Gasteiger partial charge in [0, 0.05) is 21.1 Å². The summed E-state index contributed by atoms with van der Waals surface area (Å²) in [5.41, 5.74) is 6.52. The van der Waals surface area contributed by atoms with E-state index in [2.05, 4.69) is 15.9 Å². The van der Waals surface area contributed by atoms with Crippen molar-refractivity contribution in [1.29, 1.82) is 0 Å². The van der Waals surface area contributed by atoms with Gasteiger partial charge in [0.25, 0.3) is 0 Å². The van der Waals surface area contributed by atoms with E-state index in [1.807, 2.05) is 0 Å². The molecule has 0 saturated heterocycles. The summed E-state index contributed by atoms with van der Waals surface area (Å²) < 4.78 is 33.2. The molecule has 2 nitrogen and oxygen atoms in total. The minimum atomic E-state index is -1.06. The summed E-state index contributed by atoms with van der Waals surface area (Å²) in [4.78, 5) is 0. The lowest BCUT2D eigenvalue weighted by molar-refractivity contribution is 0.170. The maximum Gasteiger partial charge on any atom is 0.200 e. The smallest absolute Gasteiger partial charge is 0.200 e. The Balaban J connectivity index is 2.41. The van der Waals surface area contributed by atoms with Crippen molar-refractivity contribution in [1.82, 2.24) is 0 Å². The van der Waals surface area contributed by atoms with Crippen LogP contribution in [0.25, 0.3) is 0 Å². The van der Waals surface area contributed by atoms with E-state index in [0.29, 0.717) is 15.1 Å². The molecule has 0 saturated carbocycles. The lowest BCUT2D eigenvalue weighted by atomic mass is 10.0. The van der Waals surface area contributed by atoms with Crippen molar-refractivity contribution in [2.45, 2.75) is 19.1 Å². The number of hydrogen-bond donors (Lipinski definition) is 1. The van der Waals surface area contributed by atoms with Crippen LogP contribution in [0.2, 0.25) is 5.02 Å². The van der Waals surface area contributed by atoms with E-state index in [0.717, 1.165) is 6.07 Å². The maximum atomic E-state index is 13.8. The second-order valence-corrected chi connectivity index (χ2v) is 5.94. The first-order valence-corrected chi connectivity index (χ1v) is 7.38. The molecular weight excluding hydrogens is 364 g/mol. The van der Waals surface area contributed by atoms with E-state index in [1.54, 1.807) is 31.2 Å². The van der Waals surface area contributed by atoms with Gasteiger partial charge in [0.2, 0.25) is 5.82 Å². The molecule has 2 rings (SSSR count). The number of hydrogen-bond acceptors (Lipinski definition) is 2. The van der Waals surface area contributed by atoms with E-state index in [4.69, 9.17) is 22.1 Å². The van der Waals surface area contributed by atoms with Crippen LogP contribution in [0.5, 0.6) is 5.75 Å². The zero-order valence-corrected chi connectivity index (χ0v) is 13.5. The highest BCUT2D eigenvalue weighted by molar-refractivity contribution is 9.10. The number of ether oxygens (including phenoxy) is 1. The van der Waals surface area contributed by atoms with Crippen molar-refractivity contribution in [3.8, 4) is 5.75 Å². The Morgan fingerprint density at radius 1 is 1.24 bits per heavy atom. The summed E-state index contributed by atoms with van der Waals surface area (Å²) in [5.74, 6) is -2.28. The van der Waals surface area contributed by atoms with E-state index in [9.17, 15) is 8.78 Å². The summed E-state index contributed by atoms with van der Waals surface area (Å²) in [6.07, 6.45) is -0.693. The lowest BCUT2D eigenvalue weighted by Crippen LogP contribution is -2.29. The Bertz CT molecular complexity index is 652. The van der Waals surface area contributed by atoms with Crippen molar-refractivity contribution in [3.05, 3.63) is 63.1 Å². The Labute approximate surface area is 135 Å². The normalized spacial score (nSPS) is 13.8. The fourth-order valence-corrected chi connectivity index (χ4v) is 2.57. The molecule has 2 atom stereocenters. The number of nitrogens with two attached hydrogens (primary N) is 1. The van der Waals surface area contributed by atoms with E-state index in [-0.39, 0.29) is 5.75 Å². The van der Waals surface area contributed by atoms with Gasteiger partial charge in [-0.3, -0.25) is 0 Å². The molecule has 112 valence electrons. The van der Waals surface area contributed by atoms with Crippen LogP contribution >= 0.6 is 27.5 Å². The minimum absolute atomic E-state index is 0.218. The van der Waals surface area contributed by atoms with Crippen LogP contribution in [-0.4, -0.2) is 6.04 Å². The molecule has 0 spiro atoms. The topological polar surface area (TPSA) is 35.2 Å². The molecule has 0 heterocycles. The predicted molar refractivity (Wildman–Crippen MR) is 82.5 cm³/mol. The van der Waals surface area contributed by atoms with Gasteiger partial charge in [0.05, 0.1) is 0 Å². The van der Waals surface area contributed by atoms with Crippen molar-refractivity contribution in [3.63, 3.8) is 0 Å². The maximum absolute atomic E-state index is 13.8. The number of halogens is 4. The predicted octanol–water partition coefficient (Wildman–Crippen LogP) is 4.85. The van der Waals surface area contributed by atoms with Gasteiger partial charge < -0.3 is 10.5 Å². The van der Waals surface area contributed by atoms with E-state index >= 15 is 0 Å². The average molecular weight is 377 g/mol. The molecule has 6 heteroatoms. The summed E-state index contributed by atoms with van der Waals surface area (Å²) in [6, 6.07) is 8.88. The molecule has 0 aliphatic heterocycles. The zero-order valence-electron chi connectivity index (χ0n) is 11.1. The minimum Gasteiger partial charge on any atom is -0.481 e. The third-order valence-electron chi connectivity index (χ3n) is 2.90. The van der Waals surface area contributed by atoms with Crippen LogP contribution in [0.15, 0.2) is 40.9 Å². The fraction of sp³-hybridized carbons (Fsp3) is 0.200. The van der Waals surface area contributed by atoms with Crippen LogP contribution in [0.3, 0.4) is 0 Å². The third kappa shape index (κ3) is 3.73. The van der Waals surface area contributed by atoms with E-state index in [1.165, 1.54) is 6.07 Å². The summed E-state index contributed by atoms with van der Waals surface area (Å²) in [6.45, 7) is 1.71. The first kappa shape index (κ1) is 16.2. The second-order valence-electron chi connectivity index (χ2n) is 4.62. The van der Waals surface area contributed by atoms with Gasteiger partial charge in [-0.15, -0.1) is 0 Å². The summed E-state index contributed by atoms with van der Waals surface area (Å²) in [5, 5.41) is 0.454. The van der Waals surface area contributed by atoms with E-state index < -0.39 is 23.8 Å². The fourth-order valence-electron chi connectivity index (χ4n) is 1.91. The molecule has 2 unspecified atom stereocenters. The molecular formula is C15H13BrClF2NO. The van der Waals surface area contributed by atoms with Crippen LogP contribution in [0.1, 0.15) is 18.6 Å². The summed E-state index contributed by atoms with van der Waals surface area (Å²) in [7, 11) is 0. The Morgan fingerprint density at radius 3 is 2.52 bits per heavy atom. The van der Waals surface area contributed by atoms with Crippen molar-refractivity contribution < 1.29 is 13.5 Å². The highest BCUT2D eigenvalue weighted by atomic mass is 79.9. The average Bonchev–Trinajstić information content (AvgIpc) is 2.42. The van der Waals surface area contributed by atoms with Gasteiger partial charge in [-0.2, -0.15) is 4.39 Å². The van der Waals surface area contributed by atoms with Crippen LogP contribution in [0, 0.1) is 11.6 Å². The highest BCUT2D eigenvalue weighted by Crippen LogP contribution is 2.33. The van der Waals surface area contributed by atoms with Crippen LogP contribution in [-0.2, 0) is 0 Å². The molecule has 0 fully saturated rings. The largest absolute Gasteiger partial charge is 0.481 e. The Hall–Kier alpha value is -1.17. The zero-order chi connectivity index (χ0) is 15.6. The molecule has 0 aromatic heterocycles. The number of rotatable bonds is 4. The van der Waals surface area contributed by atoms with Crippen LogP contribution in [0.4, 0.5) is 8.78 Å². The molecule has 21 heavy (non-hydrogen) atoms. The Kier molecular flexibility index (Phi) is 5.19. The molecule has 2 aromatic rings. The van der Waals surface area contributed by atoms with Crippen molar-refractivity contribution in [2.75, 3.05) is 0 Å². The standard InChI is InChI=1S/C15H13BrClF2NO/c1-8(20)15(10-4-2-3-5-11(10)17)21-13-7-9(16)6-12(18)14(13)19/h2-8,15H,20H2,1H3. The molecule has 2 N–H and O–H groups in total. The second kappa shape index (κ2) is 6.73. The third-order valence-corrected chi connectivity index (χ3v) is 3.70. The van der Waals surface area contributed by atoms with Gasteiger partial charge in [-0.1, -0.05) is 45.7 Å². The lowest BCUT2D eigenvalue weighted by Gasteiger charge is -2.24. The van der Waals surface area contributed by atoms with Gasteiger partial charge >= 0.3 is 0 Å². The van der Waals surface area contributed by atoms with Gasteiger partial charge in [-0.05, 0) is 25.1 Å². The van der Waals surface area contributed by atoms with Gasteiger partial charge in [0.15, 0.2) is 11.6 Å². The quantitative estimate of drug-likeness (QED) is 0.774. The number of benzene rings is 2. The first-order valence-electron chi connectivity index (χ1n) is 6.21. The molecule has 0 aliphatic rings. The van der Waals surface area contributed by atoms with Crippen LogP contribution < -0.4 is 10.5 Å². The highest BCUT2D eigenvalue weighted by Gasteiger charge is 2.23. The molecule has 0 amide bonds. The Morgan fingerprint density at radius 2 is 1.90 bits per heavy atom. The first-order chi connectivity index (χ1) is 9.90. The molecule has 0 bridgehead atoms. The molecule has 0 aliphatic carbocycles. The van der Waals surface area contributed by atoms with Gasteiger partial charge in [-0.25, -0.2) is 4.39 Å². The molecule has 0 radical (unpaired) electrons. The SMILES string of the molecule is CC(N)C(Oc1cc(Br)cc(F)c1F)c1ccccc1Cl. The van der Waals surface area contributed by atoms with Crippen molar-refractivity contribution in [2.24, 2.45) is 5.73 Å². The van der Waals surface area contributed by atoms with Gasteiger partial charge in [0.1, 0.15) is 6.10 Å². The monoisotopic (exact) mass is 375 g/mol. The summed E-state index contributed by atoms with van der Waals surface area (Å²) >= 11 is 9.22.